The molecule has 0 saturated carbocycles. The van der Waals surface area contributed by atoms with Crippen LogP contribution in [0, 0.1) is 11.3 Å². The van der Waals surface area contributed by atoms with Crippen LogP contribution in [-0.4, -0.2) is 47.2 Å². The number of piperazine rings is 1. The monoisotopic (exact) mass is 315 g/mol. The largest absolute Gasteiger partial charge is 0.444 e. The Morgan fingerprint density at radius 2 is 1.96 bits per heavy atom. The number of rotatable bonds is 2. The lowest BCUT2D eigenvalue weighted by atomic mass is 10.1. The van der Waals surface area contributed by atoms with Crippen molar-refractivity contribution in [3.05, 3.63) is 35.4 Å². The number of benzene rings is 1. The summed E-state index contributed by atoms with van der Waals surface area (Å²) >= 11 is 0. The second-order valence-electron chi connectivity index (χ2n) is 7.05. The summed E-state index contributed by atoms with van der Waals surface area (Å²) < 4.78 is 5.44. The summed E-state index contributed by atoms with van der Waals surface area (Å²) in [6.45, 7) is 10.8. The molecule has 1 atom stereocenters. The Kier molecular flexibility index (Phi) is 5.27. The van der Waals surface area contributed by atoms with Crippen LogP contribution in [0.5, 0.6) is 0 Å². The van der Waals surface area contributed by atoms with Gasteiger partial charge in [0.1, 0.15) is 5.60 Å². The molecule has 2 rings (SSSR count). The molecule has 0 spiro atoms. The molecule has 5 nitrogen and oxygen atoms in total. The van der Waals surface area contributed by atoms with Crippen molar-refractivity contribution in [2.75, 3.05) is 19.6 Å². The first-order chi connectivity index (χ1) is 10.8. The molecule has 1 aromatic carbocycles. The van der Waals surface area contributed by atoms with E-state index in [1.165, 1.54) is 5.56 Å². The van der Waals surface area contributed by atoms with Crippen LogP contribution in [-0.2, 0) is 11.3 Å². The Morgan fingerprint density at radius 3 is 2.48 bits per heavy atom. The van der Waals surface area contributed by atoms with Crippen molar-refractivity contribution >= 4 is 6.09 Å². The Bertz CT molecular complexity index is 584. The molecule has 1 unspecified atom stereocenters. The van der Waals surface area contributed by atoms with Crippen LogP contribution in [0.2, 0.25) is 0 Å². The van der Waals surface area contributed by atoms with Gasteiger partial charge in [-0.15, -0.1) is 0 Å². The molecule has 0 N–H and O–H groups in total. The van der Waals surface area contributed by atoms with Gasteiger partial charge < -0.3 is 9.64 Å². The summed E-state index contributed by atoms with van der Waals surface area (Å²) in [5.74, 6) is 0. The predicted octanol–water partition coefficient (Wildman–Crippen LogP) is 3.00. The number of hydrogen-bond donors (Lipinski definition) is 0. The van der Waals surface area contributed by atoms with E-state index in [1.54, 1.807) is 4.90 Å². The lowest BCUT2D eigenvalue weighted by Crippen LogP contribution is -2.54. The third-order valence-electron chi connectivity index (χ3n) is 3.89. The van der Waals surface area contributed by atoms with E-state index in [4.69, 9.17) is 10.00 Å². The topological polar surface area (TPSA) is 56.6 Å². The summed E-state index contributed by atoms with van der Waals surface area (Å²) in [5, 5.41) is 8.84. The summed E-state index contributed by atoms with van der Waals surface area (Å²) in [6, 6.07) is 10.1. The Hall–Kier alpha value is -2.06. The molecule has 1 aromatic rings. The average molecular weight is 315 g/mol. The first-order valence-electron chi connectivity index (χ1n) is 7.99. The van der Waals surface area contributed by atoms with E-state index in [1.807, 2.05) is 45.0 Å². The number of carbonyl (C=O) groups excluding carboxylic acids is 1. The van der Waals surface area contributed by atoms with Crippen molar-refractivity contribution in [2.24, 2.45) is 0 Å². The van der Waals surface area contributed by atoms with E-state index in [2.05, 4.69) is 17.9 Å². The number of ether oxygens (including phenoxy) is 1. The average Bonchev–Trinajstić information content (AvgIpc) is 2.48. The maximum atomic E-state index is 12.1. The van der Waals surface area contributed by atoms with Crippen LogP contribution in [0.1, 0.15) is 38.8 Å². The molecular weight excluding hydrogens is 290 g/mol. The van der Waals surface area contributed by atoms with Crippen molar-refractivity contribution in [2.45, 2.75) is 45.9 Å². The van der Waals surface area contributed by atoms with Gasteiger partial charge in [-0.1, -0.05) is 12.1 Å². The highest BCUT2D eigenvalue weighted by molar-refractivity contribution is 5.68. The van der Waals surface area contributed by atoms with Crippen LogP contribution in [0.3, 0.4) is 0 Å². The third kappa shape index (κ3) is 4.97. The van der Waals surface area contributed by atoms with Crippen LogP contribution in [0.4, 0.5) is 4.79 Å². The number of amides is 1. The fourth-order valence-corrected chi connectivity index (χ4v) is 2.64. The normalized spacial score (nSPS) is 19.3. The van der Waals surface area contributed by atoms with Gasteiger partial charge in [-0.25, -0.2) is 4.79 Å². The molecule has 1 aliphatic heterocycles. The smallest absolute Gasteiger partial charge is 0.410 e. The summed E-state index contributed by atoms with van der Waals surface area (Å²) in [7, 11) is 0. The van der Waals surface area contributed by atoms with E-state index in [9.17, 15) is 4.79 Å². The molecular formula is C18H25N3O2. The van der Waals surface area contributed by atoms with Gasteiger partial charge in [0, 0.05) is 32.2 Å². The highest BCUT2D eigenvalue weighted by Gasteiger charge is 2.29. The van der Waals surface area contributed by atoms with E-state index in [-0.39, 0.29) is 12.1 Å². The maximum Gasteiger partial charge on any atom is 0.410 e. The minimum Gasteiger partial charge on any atom is -0.444 e. The highest BCUT2D eigenvalue weighted by Crippen LogP contribution is 2.17. The third-order valence-corrected chi connectivity index (χ3v) is 3.89. The molecule has 1 aliphatic rings. The highest BCUT2D eigenvalue weighted by atomic mass is 16.6. The van der Waals surface area contributed by atoms with Gasteiger partial charge in [-0.05, 0) is 45.4 Å². The molecule has 0 bridgehead atoms. The summed E-state index contributed by atoms with van der Waals surface area (Å²) in [4.78, 5) is 16.3. The molecule has 1 amide bonds. The zero-order valence-electron chi connectivity index (χ0n) is 14.4. The number of hydrogen-bond acceptors (Lipinski definition) is 4. The Balaban J connectivity index is 1.91. The van der Waals surface area contributed by atoms with Crippen LogP contribution in [0.25, 0.3) is 0 Å². The van der Waals surface area contributed by atoms with Crippen molar-refractivity contribution in [3.8, 4) is 6.07 Å². The first kappa shape index (κ1) is 17.3. The van der Waals surface area contributed by atoms with Gasteiger partial charge in [0.2, 0.25) is 0 Å². The molecule has 5 heteroatoms. The Morgan fingerprint density at radius 1 is 1.30 bits per heavy atom. The van der Waals surface area contributed by atoms with Gasteiger partial charge >= 0.3 is 6.09 Å². The van der Waals surface area contributed by atoms with Crippen LogP contribution in [0.15, 0.2) is 24.3 Å². The molecule has 1 fully saturated rings. The van der Waals surface area contributed by atoms with E-state index >= 15 is 0 Å². The van der Waals surface area contributed by atoms with Crippen LogP contribution < -0.4 is 0 Å². The first-order valence-corrected chi connectivity index (χ1v) is 7.99. The standard InChI is InChI=1S/C18H25N3O2/c1-14-12-21(17(22)23-18(2,3)4)10-9-20(14)13-16-7-5-15(11-19)6-8-16/h5-8,14H,9-10,12-13H2,1-4H3. The molecule has 0 aromatic heterocycles. The SMILES string of the molecule is CC1CN(C(=O)OC(C)(C)C)CCN1Cc1ccc(C#N)cc1. The lowest BCUT2D eigenvalue weighted by Gasteiger charge is -2.40. The van der Waals surface area contributed by atoms with Crippen molar-refractivity contribution < 1.29 is 9.53 Å². The fourth-order valence-electron chi connectivity index (χ4n) is 2.64. The predicted molar refractivity (Wildman–Crippen MR) is 88.8 cm³/mol. The number of nitriles is 1. The van der Waals surface area contributed by atoms with E-state index < -0.39 is 5.60 Å². The molecule has 1 heterocycles. The number of nitrogens with zero attached hydrogens (tertiary/aromatic N) is 3. The fraction of sp³-hybridized carbons (Fsp3) is 0.556. The summed E-state index contributed by atoms with van der Waals surface area (Å²) in [6.07, 6.45) is -0.234. The minimum absolute atomic E-state index is 0.234. The van der Waals surface area contributed by atoms with Crippen molar-refractivity contribution in [3.63, 3.8) is 0 Å². The number of carbonyl (C=O) groups is 1. The summed E-state index contributed by atoms with van der Waals surface area (Å²) in [5.41, 5.74) is 1.40. The zero-order chi connectivity index (χ0) is 17.0. The van der Waals surface area contributed by atoms with Crippen molar-refractivity contribution in [1.29, 1.82) is 5.26 Å². The zero-order valence-corrected chi connectivity index (χ0v) is 14.4. The molecule has 124 valence electrons. The molecule has 23 heavy (non-hydrogen) atoms. The van der Waals surface area contributed by atoms with E-state index in [0.717, 1.165) is 13.1 Å². The van der Waals surface area contributed by atoms with Gasteiger partial charge in [-0.3, -0.25) is 4.90 Å². The molecule has 0 radical (unpaired) electrons. The lowest BCUT2D eigenvalue weighted by molar-refractivity contribution is 0.00461. The quantitative estimate of drug-likeness (QED) is 0.842. The van der Waals surface area contributed by atoms with Gasteiger partial charge in [0.15, 0.2) is 0 Å². The van der Waals surface area contributed by atoms with Gasteiger partial charge in [0.05, 0.1) is 11.6 Å². The Labute approximate surface area is 138 Å². The second kappa shape index (κ2) is 7.01. The minimum atomic E-state index is -0.458. The van der Waals surface area contributed by atoms with Crippen molar-refractivity contribution in [1.82, 2.24) is 9.80 Å². The second-order valence-corrected chi connectivity index (χ2v) is 7.05. The van der Waals surface area contributed by atoms with E-state index in [0.29, 0.717) is 18.7 Å². The molecule has 1 saturated heterocycles. The maximum absolute atomic E-state index is 12.1. The van der Waals surface area contributed by atoms with Gasteiger partial charge in [0.25, 0.3) is 0 Å². The van der Waals surface area contributed by atoms with Gasteiger partial charge in [-0.2, -0.15) is 5.26 Å². The molecule has 0 aliphatic carbocycles. The van der Waals surface area contributed by atoms with Crippen LogP contribution >= 0.6 is 0 Å².